The number of benzene rings is 1. The van der Waals surface area contributed by atoms with Crippen LogP contribution in [0.25, 0.3) is 0 Å². The summed E-state index contributed by atoms with van der Waals surface area (Å²) in [5.41, 5.74) is 6.04. The van der Waals surface area contributed by atoms with E-state index < -0.39 is 28.3 Å². The van der Waals surface area contributed by atoms with Gasteiger partial charge in [-0.25, -0.2) is 4.79 Å². The van der Waals surface area contributed by atoms with E-state index in [0.717, 1.165) is 5.56 Å². The van der Waals surface area contributed by atoms with E-state index in [1.54, 1.807) is 12.1 Å². The highest BCUT2D eigenvalue weighted by atomic mass is 28.4. The zero-order chi connectivity index (χ0) is 19.8. The van der Waals surface area contributed by atoms with Gasteiger partial charge in [0.05, 0.1) is 0 Å². The summed E-state index contributed by atoms with van der Waals surface area (Å²) in [7, 11) is -1.96. The van der Waals surface area contributed by atoms with Crippen molar-refractivity contribution in [2.75, 3.05) is 0 Å². The number of carboxylic acids is 1. The van der Waals surface area contributed by atoms with E-state index >= 15 is 0 Å². The molecule has 0 aliphatic heterocycles. The number of aliphatic carboxylic acids is 1. The summed E-state index contributed by atoms with van der Waals surface area (Å²) >= 11 is 0. The van der Waals surface area contributed by atoms with Crippen LogP contribution in [0.3, 0.4) is 0 Å². The molecular weight excluding hydrogens is 348 g/mol. The summed E-state index contributed by atoms with van der Waals surface area (Å²) in [5.74, 6) is -1.81. The highest BCUT2D eigenvalue weighted by molar-refractivity contribution is 6.90. The Morgan fingerprint density at radius 2 is 1.44 bits per heavy atom. The zero-order valence-corrected chi connectivity index (χ0v) is 18.4. The fourth-order valence-electron chi connectivity index (χ4n) is 2.44. The molecule has 0 saturated heterocycles. The van der Waals surface area contributed by atoms with Gasteiger partial charge in [0.25, 0.3) is 0 Å². The lowest BCUT2D eigenvalue weighted by atomic mass is 10.0. The molecule has 0 aliphatic carbocycles. The largest absolute Gasteiger partial charge is 0.478 e. The third-order valence-electron chi connectivity index (χ3n) is 3.05. The van der Waals surface area contributed by atoms with E-state index in [-0.39, 0.29) is 17.6 Å². The van der Waals surface area contributed by atoms with Crippen molar-refractivity contribution in [3.8, 4) is 0 Å². The number of carbonyl (C=O) groups excluding carboxylic acids is 1. The molecule has 25 heavy (non-hydrogen) atoms. The highest BCUT2D eigenvalue weighted by Gasteiger charge is 2.22. The minimum Gasteiger partial charge on any atom is -0.478 e. The number of carboxylic acid groups (broad SMARTS) is 1. The van der Waals surface area contributed by atoms with Crippen LogP contribution in [-0.4, -0.2) is 33.5 Å². The van der Waals surface area contributed by atoms with Crippen molar-refractivity contribution in [2.45, 2.75) is 52.6 Å². The molecule has 0 heterocycles. The number of nitrogens with one attached hydrogen (secondary N) is 1. The predicted octanol–water partition coefficient (Wildman–Crippen LogP) is 3.36. The third kappa shape index (κ3) is 11.5. The van der Waals surface area contributed by atoms with Crippen molar-refractivity contribution >= 4 is 28.3 Å². The van der Waals surface area contributed by atoms with E-state index in [1.807, 2.05) is 18.2 Å². The number of nitrogens with two attached hydrogens (primary N) is 1. The van der Waals surface area contributed by atoms with Gasteiger partial charge in [-0.3, -0.25) is 4.79 Å². The molecule has 0 bridgehead atoms. The molecule has 0 aliphatic rings. The number of carbonyl (C=O) groups is 2. The van der Waals surface area contributed by atoms with Crippen LogP contribution in [-0.2, 0) is 16.0 Å². The van der Waals surface area contributed by atoms with Crippen LogP contribution < -0.4 is 10.4 Å². The van der Waals surface area contributed by atoms with Crippen molar-refractivity contribution in [1.29, 1.82) is 0 Å². The number of hydrogen-bond donors (Lipinski definition) is 3. The van der Waals surface area contributed by atoms with Crippen molar-refractivity contribution in [1.82, 2.24) is 4.65 Å². The van der Waals surface area contributed by atoms with Crippen LogP contribution in [0.2, 0.25) is 39.3 Å². The van der Waals surface area contributed by atoms with E-state index in [1.165, 1.54) is 6.92 Å². The molecule has 1 amide bonds. The summed E-state index contributed by atoms with van der Waals surface area (Å²) in [6.07, 6.45) is 0.199. The summed E-state index contributed by atoms with van der Waals surface area (Å²) in [6.45, 7) is 15.5. The molecule has 1 rings (SSSR count). The zero-order valence-electron chi connectivity index (χ0n) is 16.4. The molecule has 0 fully saturated rings. The van der Waals surface area contributed by atoms with Crippen LogP contribution >= 0.6 is 0 Å². The average molecular weight is 381 g/mol. The van der Waals surface area contributed by atoms with Gasteiger partial charge in [-0.05, 0) is 12.5 Å². The molecule has 0 atom stereocenters. The standard InChI is InChI=1S/C12H13NO3.C6H19NSi2/c1-8(11(13)14)10(12(15)16)7-9-5-3-2-4-6-9;1-8(2,3)7-9(4,5)6/h2-6H,7H2,1H3,(H2,13,14)(H,15,16);7H,1-6H3/b10-8-;. The second kappa shape index (κ2) is 9.69. The first-order chi connectivity index (χ1) is 11.2. The first-order valence-electron chi connectivity index (χ1n) is 8.29. The summed E-state index contributed by atoms with van der Waals surface area (Å²) < 4.78 is 3.74. The maximum Gasteiger partial charge on any atom is 0.332 e. The fraction of sp³-hybridized carbons (Fsp3) is 0.444. The van der Waals surface area contributed by atoms with Gasteiger partial charge in [0.2, 0.25) is 5.91 Å². The second-order valence-electron chi connectivity index (χ2n) is 8.06. The average Bonchev–Trinajstić information content (AvgIpc) is 2.41. The van der Waals surface area contributed by atoms with E-state index in [9.17, 15) is 9.59 Å². The highest BCUT2D eigenvalue weighted by Crippen LogP contribution is 2.12. The monoisotopic (exact) mass is 380 g/mol. The third-order valence-corrected chi connectivity index (χ3v) is 9.05. The van der Waals surface area contributed by atoms with Crippen molar-refractivity contribution < 1.29 is 14.7 Å². The Kier molecular flexibility index (Phi) is 9.03. The van der Waals surface area contributed by atoms with Crippen molar-refractivity contribution in [3.05, 3.63) is 47.0 Å². The molecule has 5 nitrogen and oxygen atoms in total. The first-order valence-corrected chi connectivity index (χ1v) is 15.3. The maximum absolute atomic E-state index is 11.0. The van der Waals surface area contributed by atoms with Crippen LogP contribution in [0.4, 0.5) is 0 Å². The van der Waals surface area contributed by atoms with Crippen LogP contribution in [0, 0.1) is 0 Å². The van der Waals surface area contributed by atoms with Crippen molar-refractivity contribution in [2.24, 2.45) is 5.73 Å². The number of rotatable bonds is 6. The summed E-state index contributed by atoms with van der Waals surface area (Å²) in [6, 6.07) is 9.08. The number of primary amides is 1. The Hall–Kier alpha value is -1.71. The minimum absolute atomic E-state index is 0.0405. The second-order valence-corrected chi connectivity index (χ2v) is 18.1. The smallest absolute Gasteiger partial charge is 0.332 e. The Morgan fingerprint density at radius 3 is 1.72 bits per heavy atom. The summed E-state index contributed by atoms with van der Waals surface area (Å²) in [5, 5.41) is 8.99. The van der Waals surface area contributed by atoms with Gasteiger partial charge in [-0.15, -0.1) is 0 Å². The molecule has 1 aromatic rings. The Bertz CT molecular complexity index is 603. The lowest BCUT2D eigenvalue weighted by molar-refractivity contribution is -0.133. The maximum atomic E-state index is 11.0. The quantitative estimate of drug-likeness (QED) is 0.521. The van der Waals surface area contributed by atoms with Gasteiger partial charge in [-0.2, -0.15) is 0 Å². The van der Waals surface area contributed by atoms with E-state index in [4.69, 9.17) is 10.8 Å². The van der Waals surface area contributed by atoms with Crippen LogP contribution in [0.1, 0.15) is 12.5 Å². The lowest BCUT2D eigenvalue weighted by Gasteiger charge is -2.28. The minimum atomic E-state index is -1.11. The van der Waals surface area contributed by atoms with Crippen molar-refractivity contribution in [3.63, 3.8) is 0 Å². The topological polar surface area (TPSA) is 92.4 Å². The molecular formula is C18H32N2O3Si2. The van der Waals surface area contributed by atoms with E-state index in [2.05, 4.69) is 43.9 Å². The van der Waals surface area contributed by atoms with Gasteiger partial charge in [0.1, 0.15) is 16.5 Å². The van der Waals surface area contributed by atoms with Gasteiger partial charge in [0, 0.05) is 17.6 Å². The Labute approximate surface area is 153 Å². The van der Waals surface area contributed by atoms with Gasteiger partial charge >= 0.3 is 5.97 Å². The Morgan fingerprint density at radius 1 is 1.00 bits per heavy atom. The summed E-state index contributed by atoms with van der Waals surface area (Å²) in [4.78, 5) is 21.9. The molecule has 140 valence electrons. The molecule has 0 saturated carbocycles. The Balaban J connectivity index is 0.000000547. The van der Waals surface area contributed by atoms with Crippen LogP contribution in [0.5, 0.6) is 0 Å². The lowest BCUT2D eigenvalue weighted by Crippen LogP contribution is -2.55. The fourth-order valence-corrected chi connectivity index (χ4v) is 11.4. The molecule has 0 unspecified atom stereocenters. The van der Waals surface area contributed by atoms with Gasteiger partial charge in [-0.1, -0.05) is 69.6 Å². The molecule has 1 aromatic carbocycles. The SMILES string of the molecule is C/C(C(N)=O)=C(\Cc1ccccc1)C(=O)O.C[Si](C)(C)N[Si](C)(C)C. The molecule has 7 heteroatoms. The number of hydrogen-bond acceptors (Lipinski definition) is 3. The van der Waals surface area contributed by atoms with E-state index in [0.29, 0.717) is 0 Å². The van der Waals surface area contributed by atoms with Gasteiger partial charge < -0.3 is 15.5 Å². The molecule has 0 radical (unpaired) electrons. The van der Waals surface area contributed by atoms with Crippen LogP contribution in [0.15, 0.2) is 41.5 Å². The predicted molar refractivity (Wildman–Crippen MR) is 110 cm³/mol. The molecule has 4 N–H and O–H groups in total. The molecule has 0 spiro atoms. The van der Waals surface area contributed by atoms with Gasteiger partial charge in [0.15, 0.2) is 0 Å². The first kappa shape index (κ1) is 23.3. The normalized spacial score (nSPS) is 12.6. The molecule has 0 aromatic heterocycles. The number of amides is 1.